The fourth-order valence-electron chi connectivity index (χ4n) is 2.12. The smallest absolute Gasteiger partial charge is 0.241 e. The van der Waals surface area contributed by atoms with Crippen LogP contribution in [0.5, 0.6) is 0 Å². The molecule has 1 saturated carbocycles. The lowest BCUT2D eigenvalue weighted by atomic mass is 10.4. The topological polar surface area (TPSA) is 84.0 Å². The second-order valence-electron chi connectivity index (χ2n) is 5.33. The maximum Gasteiger partial charge on any atom is 0.241 e. The van der Waals surface area contributed by atoms with Crippen LogP contribution in [0.15, 0.2) is 11.0 Å². The Labute approximate surface area is 138 Å². The van der Waals surface area contributed by atoms with Gasteiger partial charge in [0.05, 0.1) is 4.90 Å². The molecule has 2 heterocycles. The Hall–Kier alpha value is -1.03. The number of aromatic nitrogens is 2. The number of hydrogen-bond donors (Lipinski definition) is 2. The van der Waals surface area contributed by atoms with Gasteiger partial charge in [-0.05, 0) is 32.8 Å². The van der Waals surface area contributed by atoms with Crippen LogP contribution in [0.25, 0.3) is 0 Å². The van der Waals surface area contributed by atoms with Gasteiger partial charge >= 0.3 is 0 Å². The van der Waals surface area contributed by atoms with Gasteiger partial charge in [0.15, 0.2) is 0 Å². The summed E-state index contributed by atoms with van der Waals surface area (Å²) in [7, 11) is -3.43. The van der Waals surface area contributed by atoms with Crippen LogP contribution in [0.1, 0.15) is 34.3 Å². The molecule has 9 heteroatoms. The second-order valence-corrected chi connectivity index (χ2v) is 9.28. The molecule has 3 rings (SSSR count). The third-order valence-corrected chi connectivity index (χ3v) is 6.73. The molecule has 120 valence electrons. The first-order chi connectivity index (χ1) is 10.5. The molecule has 2 aromatic heterocycles. The van der Waals surface area contributed by atoms with Crippen molar-refractivity contribution in [2.75, 3.05) is 18.4 Å². The van der Waals surface area contributed by atoms with Gasteiger partial charge < -0.3 is 5.32 Å². The molecular weight excluding hydrogens is 340 g/mol. The third kappa shape index (κ3) is 3.65. The molecule has 1 fully saturated rings. The summed E-state index contributed by atoms with van der Waals surface area (Å²) in [5.74, 6) is 1.45. The Morgan fingerprint density at radius 3 is 2.73 bits per heavy atom. The molecule has 1 aliphatic rings. The minimum atomic E-state index is -3.43. The highest BCUT2D eigenvalue weighted by molar-refractivity contribution is 7.89. The number of hydrogen-bond acceptors (Lipinski definition) is 7. The SMILES string of the molecule is Cc1cc(S(=O)(=O)NCCNc2nc(C3CC3)ns2)c(C)s1. The normalized spacial score (nSPS) is 15.2. The van der Waals surface area contributed by atoms with E-state index in [0.29, 0.717) is 23.9 Å². The second kappa shape index (κ2) is 6.23. The first-order valence-corrected chi connectivity index (χ1v) is 10.2. The quantitative estimate of drug-likeness (QED) is 0.743. The summed E-state index contributed by atoms with van der Waals surface area (Å²) in [4.78, 5) is 6.59. The molecule has 0 bridgehead atoms. The molecule has 2 aromatic rings. The highest BCUT2D eigenvalue weighted by atomic mass is 32.2. The van der Waals surface area contributed by atoms with Gasteiger partial charge in [-0.1, -0.05) is 0 Å². The molecule has 0 radical (unpaired) electrons. The Bertz CT molecular complexity index is 762. The van der Waals surface area contributed by atoms with E-state index in [1.165, 1.54) is 35.7 Å². The van der Waals surface area contributed by atoms with E-state index in [2.05, 4.69) is 19.4 Å². The lowest BCUT2D eigenvalue weighted by Gasteiger charge is -2.06. The number of thiophene rings is 1. The van der Waals surface area contributed by atoms with E-state index in [-0.39, 0.29) is 0 Å². The van der Waals surface area contributed by atoms with Crippen molar-refractivity contribution in [1.82, 2.24) is 14.1 Å². The number of aryl methyl sites for hydroxylation is 2. The number of sulfonamides is 1. The van der Waals surface area contributed by atoms with Gasteiger partial charge in [-0.3, -0.25) is 0 Å². The van der Waals surface area contributed by atoms with E-state index in [1.807, 2.05) is 13.8 Å². The van der Waals surface area contributed by atoms with Gasteiger partial charge in [0, 0.05) is 40.3 Å². The molecule has 0 saturated heterocycles. The van der Waals surface area contributed by atoms with Gasteiger partial charge in [0.25, 0.3) is 0 Å². The molecule has 0 atom stereocenters. The highest BCUT2D eigenvalue weighted by Gasteiger charge is 2.27. The van der Waals surface area contributed by atoms with E-state index in [9.17, 15) is 8.42 Å². The van der Waals surface area contributed by atoms with Crippen molar-refractivity contribution in [2.24, 2.45) is 0 Å². The third-order valence-electron chi connectivity index (χ3n) is 3.36. The summed E-state index contributed by atoms with van der Waals surface area (Å²) in [6, 6.07) is 1.71. The summed E-state index contributed by atoms with van der Waals surface area (Å²) >= 11 is 2.82. The summed E-state index contributed by atoms with van der Waals surface area (Å²) in [5.41, 5.74) is 0. The molecule has 2 N–H and O–H groups in total. The number of nitrogens with zero attached hydrogens (tertiary/aromatic N) is 2. The summed E-state index contributed by atoms with van der Waals surface area (Å²) in [6.07, 6.45) is 2.35. The Kier molecular flexibility index (Phi) is 4.49. The predicted molar refractivity (Wildman–Crippen MR) is 89.4 cm³/mol. The van der Waals surface area contributed by atoms with E-state index in [4.69, 9.17) is 0 Å². The zero-order valence-electron chi connectivity index (χ0n) is 12.4. The molecule has 0 aliphatic heterocycles. The van der Waals surface area contributed by atoms with Gasteiger partial charge in [-0.2, -0.15) is 4.37 Å². The van der Waals surface area contributed by atoms with Crippen molar-refractivity contribution in [2.45, 2.75) is 37.5 Å². The van der Waals surface area contributed by atoms with E-state index in [1.54, 1.807) is 6.07 Å². The summed E-state index contributed by atoms with van der Waals surface area (Å²) in [5, 5.41) is 3.87. The highest BCUT2D eigenvalue weighted by Crippen LogP contribution is 2.39. The molecule has 0 aromatic carbocycles. The standard InChI is InChI=1S/C13H18N4O2S3/c1-8-7-11(9(2)20-8)22(18,19)15-6-5-14-13-16-12(17-21-13)10-3-4-10/h7,10,15H,3-6H2,1-2H3,(H,14,16,17). The van der Waals surface area contributed by atoms with Crippen LogP contribution in [-0.2, 0) is 10.0 Å². The summed E-state index contributed by atoms with van der Waals surface area (Å²) < 4.78 is 31.4. The van der Waals surface area contributed by atoms with Gasteiger partial charge in [0.1, 0.15) is 5.82 Å². The molecular formula is C13H18N4O2S3. The van der Waals surface area contributed by atoms with Crippen LogP contribution in [0.2, 0.25) is 0 Å². The predicted octanol–water partition coefficient (Wildman–Crippen LogP) is 2.48. The van der Waals surface area contributed by atoms with Crippen LogP contribution >= 0.6 is 22.9 Å². The fraction of sp³-hybridized carbons (Fsp3) is 0.538. The zero-order chi connectivity index (χ0) is 15.7. The first-order valence-electron chi connectivity index (χ1n) is 7.10. The van der Waals surface area contributed by atoms with E-state index >= 15 is 0 Å². The van der Waals surface area contributed by atoms with Crippen LogP contribution in [-0.4, -0.2) is 30.9 Å². The minimum Gasteiger partial charge on any atom is -0.359 e. The summed E-state index contributed by atoms with van der Waals surface area (Å²) in [6.45, 7) is 4.53. The van der Waals surface area contributed by atoms with E-state index in [0.717, 1.165) is 20.7 Å². The number of nitrogens with one attached hydrogen (secondary N) is 2. The largest absolute Gasteiger partial charge is 0.359 e. The monoisotopic (exact) mass is 358 g/mol. The first kappa shape index (κ1) is 15.9. The van der Waals surface area contributed by atoms with Crippen molar-refractivity contribution < 1.29 is 8.42 Å². The lowest BCUT2D eigenvalue weighted by molar-refractivity contribution is 0.582. The van der Waals surface area contributed by atoms with Crippen molar-refractivity contribution in [3.63, 3.8) is 0 Å². The molecule has 0 amide bonds. The van der Waals surface area contributed by atoms with Crippen molar-refractivity contribution in [1.29, 1.82) is 0 Å². The molecule has 0 unspecified atom stereocenters. The van der Waals surface area contributed by atoms with E-state index < -0.39 is 10.0 Å². The van der Waals surface area contributed by atoms with Crippen molar-refractivity contribution >= 4 is 38.0 Å². The Morgan fingerprint density at radius 2 is 2.09 bits per heavy atom. The fourth-order valence-corrected chi connectivity index (χ4v) is 5.38. The Balaban J connectivity index is 1.50. The van der Waals surface area contributed by atoms with Gasteiger partial charge in [-0.25, -0.2) is 18.1 Å². The molecule has 1 aliphatic carbocycles. The Morgan fingerprint density at radius 1 is 1.32 bits per heavy atom. The van der Waals surface area contributed by atoms with Gasteiger partial charge in [-0.15, -0.1) is 11.3 Å². The van der Waals surface area contributed by atoms with Gasteiger partial charge in [0.2, 0.25) is 15.2 Å². The average Bonchev–Trinajstić information content (AvgIpc) is 3.09. The van der Waals surface area contributed by atoms with Crippen LogP contribution < -0.4 is 10.0 Å². The van der Waals surface area contributed by atoms with Crippen molar-refractivity contribution in [3.05, 3.63) is 21.6 Å². The zero-order valence-corrected chi connectivity index (χ0v) is 14.9. The van der Waals surface area contributed by atoms with Crippen LogP contribution in [0.3, 0.4) is 0 Å². The maximum atomic E-state index is 12.2. The molecule has 0 spiro atoms. The maximum absolute atomic E-state index is 12.2. The number of anilines is 1. The molecule has 22 heavy (non-hydrogen) atoms. The average molecular weight is 359 g/mol. The van der Waals surface area contributed by atoms with Crippen LogP contribution in [0.4, 0.5) is 5.13 Å². The number of rotatable bonds is 7. The molecule has 6 nitrogen and oxygen atoms in total. The lowest BCUT2D eigenvalue weighted by Crippen LogP contribution is -2.29. The minimum absolute atomic E-state index is 0.314. The van der Waals surface area contributed by atoms with Crippen LogP contribution in [0, 0.1) is 13.8 Å². The van der Waals surface area contributed by atoms with Crippen molar-refractivity contribution in [3.8, 4) is 0 Å².